The molecule has 0 radical (unpaired) electrons. The SMILES string of the molecule is C=C(C)COc1ccccc1NC(=O)CNc1cccc(C(=O)NC2CCCCC2)c1. The largest absolute Gasteiger partial charge is 0.487 e. The highest BCUT2D eigenvalue weighted by Gasteiger charge is 2.17. The minimum absolute atomic E-state index is 0.0661. The summed E-state index contributed by atoms with van der Waals surface area (Å²) in [6.07, 6.45) is 5.67. The molecule has 2 aromatic carbocycles. The van der Waals surface area contributed by atoms with E-state index in [4.69, 9.17) is 4.74 Å². The number of hydrogen-bond acceptors (Lipinski definition) is 4. The molecule has 1 saturated carbocycles. The number of anilines is 2. The van der Waals surface area contributed by atoms with E-state index >= 15 is 0 Å². The van der Waals surface area contributed by atoms with Crippen LogP contribution in [0, 0.1) is 0 Å². The Hall–Kier alpha value is -3.28. The van der Waals surface area contributed by atoms with Crippen molar-refractivity contribution in [3.05, 3.63) is 66.2 Å². The minimum Gasteiger partial charge on any atom is -0.487 e. The first-order valence-corrected chi connectivity index (χ1v) is 10.8. The Labute approximate surface area is 184 Å². The van der Waals surface area contributed by atoms with Crippen molar-refractivity contribution in [3.63, 3.8) is 0 Å². The van der Waals surface area contributed by atoms with E-state index < -0.39 is 0 Å². The van der Waals surface area contributed by atoms with Crippen molar-refractivity contribution in [1.29, 1.82) is 0 Å². The first-order chi connectivity index (χ1) is 15.0. The fraction of sp³-hybridized carbons (Fsp3) is 0.360. The number of rotatable bonds is 9. The molecule has 0 unspecified atom stereocenters. The number of carbonyl (C=O) groups is 2. The van der Waals surface area contributed by atoms with E-state index in [1.165, 1.54) is 19.3 Å². The highest BCUT2D eigenvalue weighted by Crippen LogP contribution is 2.24. The number of amides is 2. The summed E-state index contributed by atoms with van der Waals surface area (Å²) in [5, 5.41) is 9.07. The van der Waals surface area contributed by atoms with E-state index in [1.54, 1.807) is 24.3 Å². The van der Waals surface area contributed by atoms with Gasteiger partial charge >= 0.3 is 0 Å². The predicted molar refractivity (Wildman–Crippen MR) is 125 cm³/mol. The van der Waals surface area contributed by atoms with Crippen molar-refractivity contribution >= 4 is 23.2 Å². The van der Waals surface area contributed by atoms with Crippen LogP contribution in [0.3, 0.4) is 0 Å². The molecule has 0 aliphatic heterocycles. The number of carbonyl (C=O) groups excluding carboxylic acids is 2. The normalized spacial score (nSPS) is 13.8. The van der Waals surface area contributed by atoms with Gasteiger partial charge in [0.25, 0.3) is 5.91 Å². The standard InChI is InChI=1S/C25H31N3O3/c1-18(2)17-31-23-14-7-6-13-22(23)28-24(29)16-26-21-12-8-9-19(15-21)25(30)27-20-10-4-3-5-11-20/h6-9,12-15,20,26H,1,3-5,10-11,16-17H2,2H3,(H,27,30)(H,28,29). The number of para-hydroxylation sites is 2. The van der Waals surface area contributed by atoms with Gasteiger partial charge in [0, 0.05) is 17.3 Å². The van der Waals surface area contributed by atoms with Gasteiger partial charge in [0.05, 0.1) is 12.2 Å². The van der Waals surface area contributed by atoms with Gasteiger partial charge in [-0.1, -0.05) is 44.0 Å². The molecule has 164 valence electrons. The second-order valence-electron chi connectivity index (χ2n) is 8.03. The Morgan fingerprint density at radius 1 is 1.06 bits per heavy atom. The molecule has 0 atom stereocenters. The van der Waals surface area contributed by atoms with Gasteiger partial charge in [0.2, 0.25) is 5.91 Å². The van der Waals surface area contributed by atoms with E-state index in [2.05, 4.69) is 22.5 Å². The van der Waals surface area contributed by atoms with Crippen molar-refractivity contribution in [2.45, 2.75) is 45.1 Å². The Bertz CT molecular complexity index is 920. The van der Waals surface area contributed by atoms with Gasteiger partial charge in [-0.2, -0.15) is 0 Å². The van der Waals surface area contributed by atoms with E-state index in [0.717, 1.165) is 24.1 Å². The van der Waals surface area contributed by atoms with Crippen LogP contribution in [0.2, 0.25) is 0 Å². The van der Waals surface area contributed by atoms with Gasteiger partial charge in [-0.25, -0.2) is 0 Å². The lowest BCUT2D eigenvalue weighted by Crippen LogP contribution is -2.36. The number of nitrogens with one attached hydrogen (secondary N) is 3. The lowest BCUT2D eigenvalue weighted by molar-refractivity contribution is -0.114. The zero-order valence-electron chi connectivity index (χ0n) is 18.1. The van der Waals surface area contributed by atoms with Crippen molar-refractivity contribution in [2.24, 2.45) is 0 Å². The van der Waals surface area contributed by atoms with Crippen LogP contribution in [0.25, 0.3) is 0 Å². The van der Waals surface area contributed by atoms with Crippen LogP contribution in [-0.4, -0.2) is 31.0 Å². The monoisotopic (exact) mass is 421 g/mol. The number of hydrogen-bond donors (Lipinski definition) is 3. The summed E-state index contributed by atoms with van der Waals surface area (Å²) in [6.45, 7) is 6.17. The molecule has 6 nitrogen and oxygen atoms in total. The molecule has 0 spiro atoms. The van der Waals surface area contributed by atoms with Gasteiger partial charge < -0.3 is 20.7 Å². The zero-order valence-corrected chi connectivity index (χ0v) is 18.1. The van der Waals surface area contributed by atoms with E-state index in [1.807, 2.05) is 31.2 Å². The van der Waals surface area contributed by atoms with Crippen LogP contribution in [0.4, 0.5) is 11.4 Å². The van der Waals surface area contributed by atoms with Gasteiger partial charge in [0.15, 0.2) is 0 Å². The second-order valence-corrected chi connectivity index (χ2v) is 8.03. The van der Waals surface area contributed by atoms with Gasteiger partial charge in [-0.15, -0.1) is 0 Å². The quantitative estimate of drug-likeness (QED) is 0.510. The molecule has 0 aromatic heterocycles. The molecule has 6 heteroatoms. The van der Waals surface area contributed by atoms with Crippen molar-refractivity contribution in [1.82, 2.24) is 5.32 Å². The van der Waals surface area contributed by atoms with Crippen molar-refractivity contribution in [2.75, 3.05) is 23.8 Å². The highest BCUT2D eigenvalue weighted by molar-refractivity contribution is 5.96. The third kappa shape index (κ3) is 7.17. The molecule has 1 fully saturated rings. The molecule has 31 heavy (non-hydrogen) atoms. The number of benzene rings is 2. The van der Waals surface area contributed by atoms with Crippen molar-refractivity contribution < 1.29 is 14.3 Å². The first kappa shape index (κ1) is 22.4. The number of ether oxygens (including phenoxy) is 1. The lowest BCUT2D eigenvalue weighted by atomic mass is 9.95. The lowest BCUT2D eigenvalue weighted by Gasteiger charge is -2.22. The zero-order chi connectivity index (χ0) is 22.1. The predicted octanol–water partition coefficient (Wildman–Crippen LogP) is 4.75. The molecule has 3 rings (SSSR count). The molecule has 1 aliphatic carbocycles. The summed E-state index contributed by atoms with van der Waals surface area (Å²) in [6, 6.07) is 14.8. The molecular formula is C25H31N3O3. The van der Waals surface area contributed by atoms with E-state index in [9.17, 15) is 9.59 Å². The van der Waals surface area contributed by atoms with E-state index in [0.29, 0.717) is 23.6 Å². The summed E-state index contributed by atoms with van der Waals surface area (Å²) in [4.78, 5) is 25.0. The molecule has 0 saturated heterocycles. The Morgan fingerprint density at radius 3 is 2.61 bits per heavy atom. The van der Waals surface area contributed by atoms with Gasteiger partial charge in [0.1, 0.15) is 12.4 Å². The molecule has 0 heterocycles. The van der Waals surface area contributed by atoms with Crippen molar-refractivity contribution in [3.8, 4) is 5.75 Å². The molecular weight excluding hydrogens is 390 g/mol. The second kappa shape index (κ2) is 11.2. The van der Waals surface area contributed by atoms with Gasteiger partial charge in [-0.05, 0) is 55.7 Å². The van der Waals surface area contributed by atoms with Crippen LogP contribution in [0.15, 0.2) is 60.7 Å². The Morgan fingerprint density at radius 2 is 1.84 bits per heavy atom. The molecule has 0 bridgehead atoms. The maximum atomic E-state index is 12.6. The fourth-order valence-corrected chi connectivity index (χ4v) is 3.56. The summed E-state index contributed by atoms with van der Waals surface area (Å²) < 4.78 is 5.69. The third-order valence-electron chi connectivity index (χ3n) is 5.15. The topological polar surface area (TPSA) is 79.5 Å². The maximum absolute atomic E-state index is 12.6. The molecule has 1 aliphatic rings. The minimum atomic E-state index is -0.205. The van der Waals surface area contributed by atoms with Crippen LogP contribution in [-0.2, 0) is 4.79 Å². The van der Waals surface area contributed by atoms with Crippen LogP contribution < -0.4 is 20.7 Å². The van der Waals surface area contributed by atoms with Crippen LogP contribution >= 0.6 is 0 Å². The molecule has 2 aromatic rings. The average molecular weight is 422 g/mol. The smallest absolute Gasteiger partial charge is 0.251 e. The van der Waals surface area contributed by atoms with Crippen LogP contribution in [0.1, 0.15) is 49.4 Å². The average Bonchev–Trinajstić information content (AvgIpc) is 2.78. The maximum Gasteiger partial charge on any atom is 0.251 e. The van der Waals surface area contributed by atoms with E-state index in [-0.39, 0.29) is 24.4 Å². The summed E-state index contributed by atoms with van der Waals surface area (Å²) >= 11 is 0. The van der Waals surface area contributed by atoms with Gasteiger partial charge in [-0.3, -0.25) is 9.59 Å². The van der Waals surface area contributed by atoms with Crippen LogP contribution in [0.5, 0.6) is 5.75 Å². The summed E-state index contributed by atoms with van der Waals surface area (Å²) in [5.41, 5.74) is 2.82. The Balaban J connectivity index is 1.53. The highest BCUT2D eigenvalue weighted by atomic mass is 16.5. The molecule has 2 amide bonds. The summed E-state index contributed by atoms with van der Waals surface area (Å²) in [5.74, 6) is 0.326. The fourth-order valence-electron chi connectivity index (χ4n) is 3.56. The third-order valence-corrected chi connectivity index (χ3v) is 5.15. The Kier molecular flexibility index (Phi) is 8.10. The summed E-state index contributed by atoms with van der Waals surface area (Å²) in [7, 11) is 0. The molecule has 3 N–H and O–H groups in total. The first-order valence-electron chi connectivity index (χ1n) is 10.8.